The molecule has 35 heavy (non-hydrogen) atoms. The molecule has 0 N–H and O–H groups in total. The third kappa shape index (κ3) is 5.19. The van der Waals surface area contributed by atoms with Crippen LogP contribution in [-0.4, -0.2) is 35.3 Å². The Balaban J connectivity index is 1.69. The first-order valence-corrected chi connectivity index (χ1v) is 10.8. The van der Waals surface area contributed by atoms with Gasteiger partial charge in [0.1, 0.15) is 11.6 Å². The number of Topliss-reactive ketones (excluding diaryl/α,β-unsaturated/α-hetero) is 1. The molecule has 2 unspecified atom stereocenters. The molecular formula is C24H20F7NO3. The summed E-state index contributed by atoms with van der Waals surface area (Å²) in [5, 5.41) is 0. The number of halogens is 7. The summed E-state index contributed by atoms with van der Waals surface area (Å²) >= 11 is 0. The van der Waals surface area contributed by atoms with Crippen molar-refractivity contribution in [2.24, 2.45) is 0 Å². The lowest BCUT2D eigenvalue weighted by molar-refractivity contribution is -0.144. The lowest BCUT2D eigenvalue weighted by Gasteiger charge is -2.32. The first-order chi connectivity index (χ1) is 16.2. The highest BCUT2D eigenvalue weighted by Crippen LogP contribution is 2.43. The van der Waals surface area contributed by atoms with E-state index in [2.05, 4.69) is 0 Å². The van der Waals surface area contributed by atoms with Crippen molar-refractivity contribution in [1.29, 1.82) is 0 Å². The molecule has 2 aliphatic heterocycles. The van der Waals surface area contributed by atoms with E-state index in [4.69, 9.17) is 4.74 Å². The van der Waals surface area contributed by atoms with Crippen molar-refractivity contribution in [3.05, 3.63) is 70.5 Å². The van der Waals surface area contributed by atoms with Crippen LogP contribution in [0.1, 0.15) is 54.0 Å². The number of alkyl halides is 6. The quantitative estimate of drug-likeness (QED) is 0.399. The second kappa shape index (κ2) is 8.92. The number of carbonyl (C=O) groups excluding carboxylic acids is 2. The number of benzene rings is 2. The summed E-state index contributed by atoms with van der Waals surface area (Å²) in [6.45, 7) is 1.32. The van der Waals surface area contributed by atoms with Crippen molar-refractivity contribution in [2.75, 3.05) is 6.54 Å². The van der Waals surface area contributed by atoms with Gasteiger partial charge in [-0.2, -0.15) is 26.3 Å². The van der Waals surface area contributed by atoms with E-state index >= 15 is 0 Å². The predicted octanol–water partition coefficient (Wildman–Crippen LogP) is 5.67. The number of fused-ring (bicyclic) bond motifs is 1. The average molecular weight is 503 g/mol. The minimum atomic E-state index is -5.01. The average Bonchev–Trinajstić information content (AvgIpc) is 3.11. The molecule has 1 amide bonds. The molecule has 2 aliphatic rings. The standard InChI is InChI=1S/C24H20F7NO3/c1-12(14-6-15(23(26,27)28)8-16(7-14)24(29,30)31)35-20-11-32-19(9-18(33)10-21(32)34)22(20)13-2-4-17(25)5-3-13/h2-8,12,19-20,22H,9-11H2,1H3/t12-,19?,20+,22?/m1/s1. The maximum Gasteiger partial charge on any atom is 0.416 e. The van der Waals surface area contributed by atoms with Crippen molar-refractivity contribution < 1.29 is 45.1 Å². The Labute approximate surface area is 195 Å². The van der Waals surface area contributed by atoms with Crippen LogP contribution in [0.3, 0.4) is 0 Å². The summed E-state index contributed by atoms with van der Waals surface area (Å²) in [4.78, 5) is 26.0. The Morgan fingerprint density at radius 3 is 2.06 bits per heavy atom. The summed E-state index contributed by atoms with van der Waals surface area (Å²) in [5.74, 6) is -1.87. The van der Waals surface area contributed by atoms with Crippen LogP contribution in [0.4, 0.5) is 30.7 Å². The van der Waals surface area contributed by atoms with Gasteiger partial charge in [-0.3, -0.25) is 9.59 Å². The molecule has 0 bridgehead atoms. The number of amides is 1. The number of hydrogen-bond acceptors (Lipinski definition) is 3. The zero-order chi connectivity index (χ0) is 25.7. The SMILES string of the molecule is C[C@@H](O[C@H]1CN2C(=O)CC(=O)CC2C1c1ccc(F)cc1)c1cc(C(F)(F)F)cc(C(F)(F)F)c1. The molecule has 2 aromatic rings. The summed E-state index contributed by atoms with van der Waals surface area (Å²) < 4.78 is 99.2. The Morgan fingerprint density at radius 2 is 1.51 bits per heavy atom. The van der Waals surface area contributed by atoms with E-state index in [1.54, 1.807) is 0 Å². The molecule has 4 rings (SSSR count). The fourth-order valence-electron chi connectivity index (χ4n) is 4.79. The number of rotatable bonds is 4. The minimum absolute atomic E-state index is 0.00570. The highest BCUT2D eigenvalue weighted by atomic mass is 19.4. The van der Waals surface area contributed by atoms with Crippen LogP contribution in [0, 0.1) is 5.82 Å². The molecule has 2 fully saturated rings. The van der Waals surface area contributed by atoms with Crippen LogP contribution in [-0.2, 0) is 26.7 Å². The lowest BCUT2D eigenvalue weighted by atomic mass is 9.85. The van der Waals surface area contributed by atoms with E-state index in [-0.39, 0.29) is 36.8 Å². The molecule has 2 aromatic carbocycles. The molecule has 0 aromatic heterocycles. The summed E-state index contributed by atoms with van der Waals surface area (Å²) in [5.41, 5.74) is -2.72. The van der Waals surface area contributed by atoms with Crippen LogP contribution in [0.25, 0.3) is 0 Å². The van der Waals surface area contributed by atoms with Gasteiger partial charge in [0.2, 0.25) is 5.91 Å². The van der Waals surface area contributed by atoms with Gasteiger partial charge in [-0.05, 0) is 48.4 Å². The van der Waals surface area contributed by atoms with Crippen molar-refractivity contribution in [1.82, 2.24) is 4.90 Å². The molecule has 4 atom stereocenters. The summed E-state index contributed by atoms with van der Waals surface area (Å²) in [6, 6.07) is 5.92. The smallest absolute Gasteiger partial charge is 0.368 e. The second-order valence-electron chi connectivity index (χ2n) is 8.77. The largest absolute Gasteiger partial charge is 0.416 e. The van der Waals surface area contributed by atoms with Crippen LogP contribution in [0.2, 0.25) is 0 Å². The number of ketones is 1. The van der Waals surface area contributed by atoms with Crippen molar-refractivity contribution in [2.45, 2.75) is 56.3 Å². The Hall–Kier alpha value is -2.95. The first-order valence-electron chi connectivity index (χ1n) is 10.8. The van der Waals surface area contributed by atoms with Gasteiger partial charge in [0, 0.05) is 24.9 Å². The van der Waals surface area contributed by atoms with Crippen LogP contribution in [0.15, 0.2) is 42.5 Å². The molecule has 188 valence electrons. The van der Waals surface area contributed by atoms with Gasteiger partial charge in [-0.15, -0.1) is 0 Å². The number of carbonyl (C=O) groups is 2. The van der Waals surface area contributed by atoms with Gasteiger partial charge in [0.15, 0.2) is 0 Å². The summed E-state index contributed by atoms with van der Waals surface area (Å²) in [7, 11) is 0. The van der Waals surface area contributed by atoms with Crippen LogP contribution < -0.4 is 0 Å². The van der Waals surface area contributed by atoms with Gasteiger partial charge in [-0.25, -0.2) is 4.39 Å². The zero-order valence-corrected chi connectivity index (χ0v) is 18.3. The number of nitrogens with zero attached hydrogens (tertiary/aromatic N) is 1. The van der Waals surface area contributed by atoms with E-state index in [0.717, 1.165) is 0 Å². The lowest BCUT2D eigenvalue weighted by Crippen LogP contribution is -2.44. The molecule has 4 nitrogen and oxygen atoms in total. The Bertz CT molecular complexity index is 1100. The number of ether oxygens (including phenoxy) is 1. The topological polar surface area (TPSA) is 46.6 Å². The highest BCUT2D eigenvalue weighted by Gasteiger charge is 2.49. The fourth-order valence-corrected chi connectivity index (χ4v) is 4.79. The molecule has 0 aliphatic carbocycles. The van der Waals surface area contributed by atoms with E-state index in [1.165, 1.54) is 36.1 Å². The molecule has 2 saturated heterocycles. The maximum atomic E-state index is 13.5. The monoisotopic (exact) mass is 503 g/mol. The van der Waals surface area contributed by atoms with Gasteiger partial charge >= 0.3 is 12.4 Å². The third-order valence-corrected chi connectivity index (χ3v) is 6.41. The van der Waals surface area contributed by atoms with Gasteiger partial charge < -0.3 is 9.64 Å². The molecule has 0 spiro atoms. The Kier molecular flexibility index (Phi) is 6.41. The van der Waals surface area contributed by atoms with E-state index < -0.39 is 59.4 Å². The predicted molar refractivity (Wildman–Crippen MR) is 109 cm³/mol. The molecule has 11 heteroatoms. The molecule has 0 saturated carbocycles. The van der Waals surface area contributed by atoms with Crippen LogP contribution >= 0.6 is 0 Å². The first kappa shape index (κ1) is 25.2. The fraction of sp³-hybridized carbons (Fsp3) is 0.417. The number of piperidine rings is 1. The van der Waals surface area contributed by atoms with E-state index in [1.807, 2.05) is 0 Å². The number of hydrogen-bond donors (Lipinski definition) is 0. The minimum Gasteiger partial charge on any atom is -0.368 e. The second-order valence-corrected chi connectivity index (χ2v) is 8.77. The van der Waals surface area contributed by atoms with E-state index in [9.17, 15) is 40.3 Å². The van der Waals surface area contributed by atoms with Gasteiger partial charge in [0.05, 0.1) is 29.8 Å². The molecular weight excluding hydrogens is 483 g/mol. The van der Waals surface area contributed by atoms with Crippen LogP contribution in [0.5, 0.6) is 0 Å². The van der Waals surface area contributed by atoms with Gasteiger partial charge in [-0.1, -0.05) is 12.1 Å². The van der Waals surface area contributed by atoms with E-state index in [0.29, 0.717) is 17.7 Å². The molecule has 0 radical (unpaired) electrons. The maximum absolute atomic E-state index is 13.5. The summed E-state index contributed by atoms with van der Waals surface area (Å²) in [6.07, 6.45) is -12.3. The Morgan fingerprint density at radius 1 is 0.943 bits per heavy atom. The van der Waals surface area contributed by atoms with Crippen molar-refractivity contribution >= 4 is 11.7 Å². The molecule has 2 heterocycles. The van der Waals surface area contributed by atoms with Gasteiger partial charge in [0.25, 0.3) is 0 Å². The highest BCUT2D eigenvalue weighted by molar-refractivity contribution is 6.01. The van der Waals surface area contributed by atoms with Crippen molar-refractivity contribution in [3.8, 4) is 0 Å². The third-order valence-electron chi connectivity index (χ3n) is 6.41. The normalized spacial score (nSPS) is 24.0. The zero-order valence-electron chi connectivity index (χ0n) is 18.3. The van der Waals surface area contributed by atoms with Crippen molar-refractivity contribution in [3.63, 3.8) is 0 Å².